The summed E-state index contributed by atoms with van der Waals surface area (Å²) in [6, 6.07) is 8.79. The molecule has 2 atom stereocenters. The molecule has 0 saturated heterocycles. The zero-order valence-corrected chi connectivity index (χ0v) is 16.7. The fourth-order valence-electron chi connectivity index (χ4n) is 2.14. The minimum atomic E-state index is -3.54. The van der Waals surface area contributed by atoms with Gasteiger partial charge >= 0.3 is 0 Å². The van der Waals surface area contributed by atoms with Crippen molar-refractivity contribution in [1.29, 1.82) is 0 Å². The van der Waals surface area contributed by atoms with Crippen molar-refractivity contribution in [1.82, 2.24) is 4.72 Å². The molecule has 1 unspecified atom stereocenters. The number of carbonyl (C=O) groups is 2. The Labute approximate surface area is 162 Å². The highest BCUT2D eigenvalue weighted by Crippen LogP contribution is 2.25. The lowest BCUT2D eigenvalue weighted by atomic mass is 10.0. The molecule has 0 radical (unpaired) electrons. The Hall–Kier alpha value is -1.74. The lowest BCUT2D eigenvalue weighted by Crippen LogP contribution is -2.35. The molecule has 0 saturated carbocycles. The fourth-order valence-corrected chi connectivity index (χ4v) is 5.18. The van der Waals surface area contributed by atoms with Gasteiger partial charge < -0.3 is 5.73 Å². The number of nitrogens with zero attached hydrogens (tertiary/aromatic N) is 1. The summed E-state index contributed by atoms with van der Waals surface area (Å²) in [6.45, 7) is 3.83. The molecule has 0 fully saturated rings. The van der Waals surface area contributed by atoms with Crippen LogP contribution in [0.3, 0.4) is 0 Å². The van der Waals surface area contributed by atoms with Crippen molar-refractivity contribution in [3.8, 4) is 0 Å². The van der Waals surface area contributed by atoms with Crippen LogP contribution in [0.1, 0.15) is 30.6 Å². The Balaban J connectivity index is 2.40. The molecule has 6 nitrogen and oxygen atoms in total. The molecule has 0 aliphatic heterocycles. The third kappa shape index (κ3) is 5.38. The molecule has 26 heavy (non-hydrogen) atoms. The minimum Gasteiger partial charge on any atom is -0.320 e. The number of amides is 2. The number of nitrogens with one attached hydrogen (secondary N) is 1. The number of rotatable bonds is 6. The summed E-state index contributed by atoms with van der Waals surface area (Å²) < 4.78 is 19.7. The van der Waals surface area contributed by atoms with Crippen molar-refractivity contribution in [3.63, 3.8) is 0 Å². The topological polar surface area (TPSA) is 102 Å². The van der Waals surface area contributed by atoms with E-state index < -0.39 is 27.8 Å². The van der Waals surface area contributed by atoms with Gasteiger partial charge in [0.05, 0.1) is 11.1 Å². The predicted octanol–water partition coefficient (Wildman–Crippen LogP) is 3.47. The van der Waals surface area contributed by atoms with Gasteiger partial charge in [-0.15, -0.1) is 15.7 Å². The van der Waals surface area contributed by atoms with Crippen molar-refractivity contribution < 1.29 is 13.8 Å². The molecule has 2 aromatic rings. The van der Waals surface area contributed by atoms with Crippen LogP contribution in [0, 0.1) is 5.92 Å². The van der Waals surface area contributed by atoms with Crippen LogP contribution < -0.4 is 10.5 Å². The quantitative estimate of drug-likeness (QED) is 0.756. The van der Waals surface area contributed by atoms with Gasteiger partial charge in [0.1, 0.15) is 4.21 Å². The minimum absolute atomic E-state index is 0.176. The first-order valence-corrected chi connectivity index (χ1v) is 10.7. The summed E-state index contributed by atoms with van der Waals surface area (Å²) in [5.41, 5.74) is 6.15. The average Bonchev–Trinajstić information content (AvgIpc) is 3.02. The van der Waals surface area contributed by atoms with Crippen LogP contribution >= 0.6 is 22.9 Å². The molecular formula is C17H20ClN3O3S2. The van der Waals surface area contributed by atoms with Gasteiger partial charge in [0, 0.05) is 10.9 Å². The number of nitrogens with two attached hydrogens (primary N) is 1. The van der Waals surface area contributed by atoms with E-state index >= 15 is 0 Å². The SMILES string of the molecule is CC(C)C[C@H](N)C(=O)N=S(=O)(NC(=O)c1ccccc1)c1cc(Cl)cs1. The monoisotopic (exact) mass is 413 g/mol. The maximum absolute atomic E-state index is 13.4. The predicted molar refractivity (Wildman–Crippen MR) is 105 cm³/mol. The van der Waals surface area contributed by atoms with Crippen molar-refractivity contribution in [2.24, 2.45) is 16.0 Å². The van der Waals surface area contributed by atoms with Crippen LogP contribution in [-0.2, 0) is 14.7 Å². The van der Waals surface area contributed by atoms with Gasteiger partial charge in [0.15, 0.2) is 9.92 Å². The first-order chi connectivity index (χ1) is 12.2. The van der Waals surface area contributed by atoms with E-state index in [2.05, 4.69) is 9.08 Å². The highest BCUT2D eigenvalue weighted by molar-refractivity contribution is 7.94. The Bertz CT molecular complexity index is 903. The van der Waals surface area contributed by atoms with Crippen molar-refractivity contribution in [3.05, 3.63) is 52.4 Å². The van der Waals surface area contributed by atoms with E-state index in [0.717, 1.165) is 11.3 Å². The van der Waals surface area contributed by atoms with Gasteiger partial charge in [0.25, 0.3) is 11.8 Å². The summed E-state index contributed by atoms with van der Waals surface area (Å²) in [5.74, 6) is -1.15. The zero-order valence-electron chi connectivity index (χ0n) is 14.3. The third-order valence-electron chi connectivity index (χ3n) is 3.34. The standard InChI is InChI=1S/C17H20ClN3O3S2/c1-11(2)8-14(19)17(23)21-26(24,15-9-13(18)10-25-15)20-16(22)12-6-4-3-5-7-12/h3-7,9-11,14H,8,19H2,1-2H3,(H,20,21,22,23,24)/t14-,26?/m0/s1. The Morgan fingerprint density at radius 3 is 2.50 bits per heavy atom. The second-order valence-corrected chi connectivity index (χ2v) is 9.56. The Morgan fingerprint density at radius 1 is 1.31 bits per heavy atom. The van der Waals surface area contributed by atoms with Gasteiger partial charge in [0.2, 0.25) is 0 Å². The van der Waals surface area contributed by atoms with Crippen LogP contribution in [0.25, 0.3) is 0 Å². The molecule has 9 heteroatoms. The van der Waals surface area contributed by atoms with E-state index in [9.17, 15) is 13.8 Å². The molecule has 1 aromatic heterocycles. The summed E-state index contributed by atoms with van der Waals surface area (Å²) in [4.78, 5) is 24.8. The molecule has 1 heterocycles. The first-order valence-electron chi connectivity index (χ1n) is 7.89. The summed E-state index contributed by atoms with van der Waals surface area (Å²) in [6.07, 6.45) is 0.398. The Kier molecular flexibility index (Phi) is 6.94. The van der Waals surface area contributed by atoms with E-state index in [1.165, 1.54) is 6.07 Å². The van der Waals surface area contributed by atoms with Crippen LogP contribution in [0.2, 0.25) is 5.02 Å². The van der Waals surface area contributed by atoms with Gasteiger partial charge in [-0.05, 0) is 30.5 Å². The van der Waals surface area contributed by atoms with E-state index in [4.69, 9.17) is 17.3 Å². The van der Waals surface area contributed by atoms with Gasteiger partial charge in [-0.2, -0.15) is 0 Å². The zero-order chi connectivity index (χ0) is 19.3. The normalized spacial score (nSPS) is 14.5. The highest BCUT2D eigenvalue weighted by Gasteiger charge is 2.24. The third-order valence-corrected chi connectivity index (χ3v) is 6.94. The van der Waals surface area contributed by atoms with Crippen LogP contribution in [0.15, 0.2) is 50.4 Å². The molecule has 140 valence electrons. The van der Waals surface area contributed by atoms with E-state index in [-0.39, 0.29) is 10.1 Å². The number of benzene rings is 1. The van der Waals surface area contributed by atoms with Crippen molar-refractivity contribution >= 4 is 44.7 Å². The van der Waals surface area contributed by atoms with Gasteiger partial charge in [-0.1, -0.05) is 43.6 Å². The molecule has 0 bridgehead atoms. The molecule has 0 spiro atoms. The average molecular weight is 414 g/mol. The van der Waals surface area contributed by atoms with Crippen LogP contribution in [0.4, 0.5) is 0 Å². The van der Waals surface area contributed by atoms with E-state index in [1.807, 2.05) is 13.8 Å². The number of hydrogen-bond acceptors (Lipinski definition) is 5. The van der Waals surface area contributed by atoms with E-state index in [0.29, 0.717) is 17.0 Å². The van der Waals surface area contributed by atoms with Gasteiger partial charge in [-0.25, -0.2) is 4.21 Å². The summed E-state index contributed by atoms with van der Waals surface area (Å²) in [7, 11) is -3.54. The smallest absolute Gasteiger partial charge is 0.272 e. The van der Waals surface area contributed by atoms with Crippen molar-refractivity contribution in [2.75, 3.05) is 0 Å². The molecule has 0 aliphatic rings. The van der Waals surface area contributed by atoms with Crippen LogP contribution in [-0.4, -0.2) is 22.1 Å². The lowest BCUT2D eigenvalue weighted by Gasteiger charge is -2.13. The summed E-state index contributed by atoms with van der Waals surface area (Å²) in [5, 5.41) is 1.90. The number of thiophene rings is 1. The number of carbonyl (C=O) groups excluding carboxylic acids is 2. The summed E-state index contributed by atoms with van der Waals surface area (Å²) >= 11 is 6.96. The Morgan fingerprint density at radius 2 is 1.96 bits per heavy atom. The van der Waals surface area contributed by atoms with Gasteiger partial charge in [-0.3, -0.25) is 14.3 Å². The first kappa shape index (κ1) is 20.6. The molecule has 3 N–H and O–H groups in total. The molecule has 0 aliphatic carbocycles. The molecular weight excluding hydrogens is 394 g/mol. The van der Waals surface area contributed by atoms with E-state index in [1.54, 1.807) is 35.7 Å². The number of halogens is 1. The lowest BCUT2D eigenvalue weighted by molar-refractivity contribution is -0.119. The maximum Gasteiger partial charge on any atom is 0.272 e. The van der Waals surface area contributed by atoms with Crippen LogP contribution in [0.5, 0.6) is 0 Å². The fraction of sp³-hybridized carbons (Fsp3) is 0.294. The highest BCUT2D eigenvalue weighted by atomic mass is 35.5. The molecule has 1 aromatic carbocycles. The molecule has 2 rings (SSSR count). The van der Waals surface area contributed by atoms with Crippen molar-refractivity contribution in [2.45, 2.75) is 30.5 Å². The second-order valence-electron chi connectivity index (χ2n) is 6.07. The maximum atomic E-state index is 13.4. The second kappa shape index (κ2) is 8.77. The largest absolute Gasteiger partial charge is 0.320 e. The molecule has 2 amide bonds. The number of hydrogen-bond donors (Lipinski definition) is 2.